The number of nitrogens with zero attached hydrogens (tertiary/aromatic N) is 2. The Hall–Kier alpha value is -1.21. The molecule has 0 saturated carbocycles. The second kappa shape index (κ2) is 11.4. The highest BCUT2D eigenvalue weighted by Crippen LogP contribution is 2.20. The molecule has 132 valence electrons. The molecule has 0 atom stereocenters. The Morgan fingerprint density at radius 2 is 2.00 bits per heavy atom. The van der Waals surface area contributed by atoms with Crippen LogP contribution in [0.2, 0.25) is 5.02 Å². The van der Waals surface area contributed by atoms with Gasteiger partial charge in [0.15, 0.2) is 0 Å². The highest BCUT2D eigenvalue weighted by atomic mass is 35.5. The monoisotopic (exact) mass is 388 g/mol. The smallest absolute Gasteiger partial charge is 0.226 e. The van der Waals surface area contributed by atoms with Crippen LogP contribution in [0.3, 0.4) is 0 Å². The minimum atomic E-state index is -0.0109. The zero-order chi connectivity index (χ0) is 16.5. The quantitative estimate of drug-likeness (QED) is 0.634. The van der Waals surface area contributed by atoms with E-state index in [1.807, 2.05) is 24.3 Å². The number of amides is 1. The van der Waals surface area contributed by atoms with E-state index in [0.29, 0.717) is 29.5 Å². The predicted octanol–water partition coefficient (Wildman–Crippen LogP) is 4.05. The summed E-state index contributed by atoms with van der Waals surface area (Å²) in [5.74, 6) is -0.0109. The van der Waals surface area contributed by atoms with Crippen LogP contribution in [0.15, 0.2) is 24.3 Å². The van der Waals surface area contributed by atoms with Gasteiger partial charge in [-0.2, -0.15) is 0 Å². The first-order valence-corrected chi connectivity index (χ1v) is 8.93. The SMILES string of the molecule is Cl.NCCCCCCC(=O)Nc1nnc(Cc2cccc(Cl)c2)s1. The van der Waals surface area contributed by atoms with Crippen LogP contribution in [-0.2, 0) is 11.2 Å². The van der Waals surface area contributed by atoms with E-state index in [4.69, 9.17) is 17.3 Å². The fourth-order valence-electron chi connectivity index (χ4n) is 2.16. The number of hydrogen-bond donors (Lipinski definition) is 2. The third-order valence-electron chi connectivity index (χ3n) is 3.32. The Balaban J connectivity index is 0.00000288. The van der Waals surface area contributed by atoms with Crippen molar-refractivity contribution in [3.63, 3.8) is 0 Å². The van der Waals surface area contributed by atoms with Crippen LogP contribution in [0.5, 0.6) is 0 Å². The zero-order valence-corrected chi connectivity index (χ0v) is 15.7. The fraction of sp³-hybridized carbons (Fsp3) is 0.438. The summed E-state index contributed by atoms with van der Waals surface area (Å²) in [5.41, 5.74) is 6.51. The zero-order valence-electron chi connectivity index (χ0n) is 13.3. The molecule has 1 heterocycles. The Labute approximate surface area is 157 Å². The number of nitrogens with two attached hydrogens (primary N) is 1. The van der Waals surface area contributed by atoms with Crippen molar-refractivity contribution in [2.45, 2.75) is 38.5 Å². The molecule has 2 rings (SSSR count). The van der Waals surface area contributed by atoms with Gasteiger partial charge in [0, 0.05) is 17.9 Å². The van der Waals surface area contributed by atoms with Crippen molar-refractivity contribution >= 4 is 46.4 Å². The van der Waals surface area contributed by atoms with Crippen molar-refractivity contribution in [2.75, 3.05) is 11.9 Å². The Morgan fingerprint density at radius 3 is 2.75 bits per heavy atom. The van der Waals surface area contributed by atoms with Crippen LogP contribution in [-0.4, -0.2) is 22.6 Å². The normalized spacial score (nSPS) is 10.2. The number of carbonyl (C=O) groups is 1. The summed E-state index contributed by atoms with van der Waals surface area (Å²) in [6, 6.07) is 7.64. The molecule has 2 aromatic rings. The number of halogens is 2. The van der Waals surface area contributed by atoms with Crippen LogP contribution in [0.1, 0.15) is 42.7 Å². The third-order valence-corrected chi connectivity index (χ3v) is 4.39. The van der Waals surface area contributed by atoms with Gasteiger partial charge in [0.1, 0.15) is 5.01 Å². The molecule has 0 aliphatic heterocycles. The summed E-state index contributed by atoms with van der Waals surface area (Å²) < 4.78 is 0. The average Bonchev–Trinajstić information content (AvgIpc) is 2.94. The lowest BCUT2D eigenvalue weighted by molar-refractivity contribution is -0.116. The summed E-state index contributed by atoms with van der Waals surface area (Å²) in [6.07, 6.45) is 5.17. The largest absolute Gasteiger partial charge is 0.330 e. The molecule has 1 aromatic heterocycles. The number of carbonyl (C=O) groups excluding carboxylic acids is 1. The lowest BCUT2D eigenvalue weighted by Crippen LogP contribution is -2.10. The van der Waals surface area contributed by atoms with E-state index >= 15 is 0 Å². The molecule has 0 spiro atoms. The maximum absolute atomic E-state index is 11.8. The molecule has 0 aliphatic rings. The van der Waals surface area contributed by atoms with Crippen LogP contribution >= 0.6 is 35.3 Å². The van der Waals surface area contributed by atoms with Gasteiger partial charge in [0.05, 0.1) is 0 Å². The summed E-state index contributed by atoms with van der Waals surface area (Å²) in [5, 5.41) is 13.0. The van der Waals surface area contributed by atoms with Gasteiger partial charge >= 0.3 is 0 Å². The molecule has 0 fully saturated rings. The molecule has 0 bridgehead atoms. The predicted molar refractivity (Wildman–Crippen MR) is 102 cm³/mol. The number of aromatic nitrogens is 2. The number of nitrogens with one attached hydrogen (secondary N) is 1. The van der Waals surface area contributed by atoms with Gasteiger partial charge in [-0.05, 0) is 37.1 Å². The van der Waals surface area contributed by atoms with E-state index in [-0.39, 0.29) is 18.3 Å². The molecule has 8 heteroatoms. The highest BCUT2D eigenvalue weighted by molar-refractivity contribution is 7.15. The average molecular weight is 389 g/mol. The maximum Gasteiger partial charge on any atom is 0.226 e. The minimum Gasteiger partial charge on any atom is -0.330 e. The van der Waals surface area contributed by atoms with Gasteiger partial charge in [-0.3, -0.25) is 4.79 Å². The van der Waals surface area contributed by atoms with Gasteiger partial charge < -0.3 is 11.1 Å². The van der Waals surface area contributed by atoms with E-state index in [1.54, 1.807) is 0 Å². The van der Waals surface area contributed by atoms with Gasteiger partial charge in [-0.25, -0.2) is 0 Å². The van der Waals surface area contributed by atoms with E-state index in [2.05, 4.69) is 15.5 Å². The molecule has 24 heavy (non-hydrogen) atoms. The fourth-order valence-corrected chi connectivity index (χ4v) is 3.17. The molecule has 3 N–H and O–H groups in total. The van der Waals surface area contributed by atoms with Crippen LogP contribution < -0.4 is 11.1 Å². The number of unbranched alkanes of at least 4 members (excludes halogenated alkanes) is 3. The second-order valence-electron chi connectivity index (χ2n) is 5.31. The van der Waals surface area contributed by atoms with Crippen molar-refractivity contribution in [3.05, 3.63) is 39.9 Å². The number of hydrogen-bond acceptors (Lipinski definition) is 5. The third kappa shape index (κ3) is 7.57. The summed E-state index contributed by atoms with van der Waals surface area (Å²) in [6.45, 7) is 0.715. The molecule has 1 aromatic carbocycles. The topological polar surface area (TPSA) is 80.9 Å². The lowest BCUT2D eigenvalue weighted by atomic mass is 10.1. The molecule has 0 saturated heterocycles. The van der Waals surface area contributed by atoms with Crippen LogP contribution in [0.4, 0.5) is 5.13 Å². The van der Waals surface area contributed by atoms with Crippen molar-refractivity contribution in [3.8, 4) is 0 Å². The van der Waals surface area contributed by atoms with E-state index in [9.17, 15) is 4.79 Å². The van der Waals surface area contributed by atoms with Gasteiger partial charge in [-0.15, -0.1) is 22.6 Å². The van der Waals surface area contributed by atoms with Crippen LogP contribution in [0, 0.1) is 0 Å². The van der Waals surface area contributed by atoms with E-state index in [1.165, 1.54) is 11.3 Å². The standard InChI is InChI=1S/C16H21ClN4OS.ClH/c17-13-7-5-6-12(10-13)11-15-20-21-16(23-15)19-14(22)8-3-1-2-4-9-18;/h5-7,10H,1-4,8-9,11,18H2,(H,19,21,22);1H. The molecule has 5 nitrogen and oxygen atoms in total. The van der Waals surface area contributed by atoms with Crippen LogP contribution in [0.25, 0.3) is 0 Å². The first kappa shape index (κ1) is 20.8. The number of anilines is 1. The molecule has 0 aliphatic carbocycles. The van der Waals surface area contributed by atoms with Gasteiger partial charge in [0.25, 0.3) is 0 Å². The van der Waals surface area contributed by atoms with Gasteiger partial charge in [0.2, 0.25) is 11.0 Å². The molecular weight excluding hydrogens is 367 g/mol. The first-order chi connectivity index (χ1) is 11.2. The Bertz CT molecular complexity index is 636. The number of rotatable bonds is 9. The first-order valence-electron chi connectivity index (χ1n) is 7.74. The van der Waals surface area contributed by atoms with Gasteiger partial charge in [-0.1, -0.05) is 47.9 Å². The molecule has 0 radical (unpaired) electrons. The second-order valence-corrected chi connectivity index (χ2v) is 6.81. The number of benzene rings is 1. The van der Waals surface area contributed by atoms with E-state index < -0.39 is 0 Å². The molecular formula is C16H22Cl2N4OS. The lowest BCUT2D eigenvalue weighted by Gasteiger charge is -2.01. The summed E-state index contributed by atoms with van der Waals surface area (Å²) in [7, 11) is 0. The minimum absolute atomic E-state index is 0. The van der Waals surface area contributed by atoms with Crippen molar-refractivity contribution in [2.24, 2.45) is 5.73 Å². The van der Waals surface area contributed by atoms with E-state index in [0.717, 1.165) is 36.3 Å². The maximum atomic E-state index is 11.8. The highest BCUT2D eigenvalue weighted by Gasteiger charge is 2.09. The van der Waals surface area contributed by atoms with Crippen molar-refractivity contribution in [1.82, 2.24) is 10.2 Å². The summed E-state index contributed by atoms with van der Waals surface area (Å²) in [4.78, 5) is 11.8. The van der Waals surface area contributed by atoms with Crippen molar-refractivity contribution < 1.29 is 4.79 Å². The summed E-state index contributed by atoms with van der Waals surface area (Å²) >= 11 is 7.36. The Kier molecular flexibility index (Phi) is 9.86. The van der Waals surface area contributed by atoms with Crippen molar-refractivity contribution in [1.29, 1.82) is 0 Å². The molecule has 1 amide bonds. The molecule has 0 unspecified atom stereocenters. The Morgan fingerprint density at radius 1 is 1.21 bits per heavy atom.